The number of hydrogen-bond donors (Lipinski definition) is 0. The molecule has 0 radical (unpaired) electrons. The number of pyridine rings is 1. The fraction of sp³-hybridized carbons (Fsp3) is 0.308. The Hall–Kier alpha value is -2.98. The summed E-state index contributed by atoms with van der Waals surface area (Å²) in [6.07, 6.45) is 5.36. The molecular weight excluding hydrogens is 368 g/mol. The van der Waals surface area contributed by atoms with Gasteiger partial charge in [-0.25, -0.2) is 9.97 Å². The van der Waals surface area contributed by atoms with Gasteiger partial charge >= 0.3 is 0 Å². The Morgan fingerprint density at radius 1 is 0.767 bits per heavy atom. The van der Waals surface area contributed by atoms with Gasteiger partial charge in [0.2, 0.25) is 0 Å². The molecule has 0 bridgehead atoms. The van der Waals surface area contributed by atoms with Crippen molar-refractivity contribution in [1.82, 2.24) is 19.4 Å². The van der Waals surface area contributed by atoms with E-state index in [1.54, 1.807) is 0 Å². The van der Waals surface area contributed by atoms with Crippen LogP contribution in [0.5, 0.6) is 0 Å². The lowest BCUT2D eigenvalue weighted by molar-refractivity contribution is 0.175. The third kappa shape index (κ3) is 4.29. The van der Waals surface area contributed by atoms with E-state index in [-0.39, 0.29) is 0 Å². The second-order valence-corrected chi connectivity index (χ2v) is 8.36. The minimum absolute atomic E-state index is 0.684. The van der Waals surface area contributed by atoms with Crippen molar-refractivity contribution in [2.45, 2.75) is 32.4 Å². The minimum Gasteiger partial charge on any atom is -0.308 e. The number of aromatic nitrogens is 3. The summed E-state index contributed by atoms with van der Waals surface area (Å²) < 4.78 is 2.32. The van der Waals surface area contributed by atoms with Gasteiger partial charge < -0.3 is 4.57 Å². The van der Waals surface area contributed by atoms with Gasteiger partial charge in [0, 0.05) is 19.2 Å². The monoisotopic (exact) mass is 396 g/mol. The maximum absolute atomic E-state index is 4.98. The molecule has 1 saturated heterocycles. The quantitative estimate of drug-likeness (QED) is 0.463. The molecule has 0 N–H and O–H groups in total. The molecule has 0 amide bonds. The molecule has 1 fully saturated rings. The number of likely N-dealkylation sites (tertiary alicyclic amines) is 1. The molecule has 1 aliphatic heterocycles. The zero-order chi connectivity index (χ0) is 20.2. The van der Waals surface area contributed by atoms with Crippen LogP contribution in [-0.2, 0) is 19.5 Å². The van der Waals surface area contributed by atoms with E-state index in [1.165, 1.54) is 29.8 Å². The van der Waals surface area contributed by atoms with Crippen molar-refractivity contribution in [1.29, 1.82) is 0 Å². The maximum atomic E-state index is 4.98. The molecule has 1 aliphatic rings. The SMILES string of the molecule is c1ccc(CN2CCC(Cc3nc4cccnc4n3Cc3ccccc3)CC2)cc1. The first-order chi connectivity index (χ1) is 14.8. The van der Waals surface area contributed by atoms with Crippen molar-refractivity contribution in [3.05, 3.63) is 95.9 Å². The third-order valence-corrected chi connectivity index (χ3v) is 6.19. The van der Waals surface area contributed by atoms with E-state index < -0.39 is 0 Å². The normalized spacial score (nSPS) is 15.6. The van der Waals surface area contributed by atoms with E-state index in [0.29, 0.717) is 5.92 Å². The van der Waals surface area contributed by atoms with Gasteiger partial charge in [-0.3, -0.25) is 4.90 Å². The van der Waals surface area contributed by atoms with Crippen LogP contribution in [0.15, 0.2) is 79.0 Å². The van der Waals surface area contributed by atoms with Gasteiger partial charge in [0.05, 0.1) is 6.54 Å². The fourth-order valence-corrected chi connectivity index (χ4v) is 4.54. The summed E-state index contributed by atoms with van der Waals surface area (Å²) in [4.78, 5) is 12.2. The second kappa shape index (κ2) is 8.80. The lowest BCUT2D eigenvalue weighted by Gasteiger charge is -2.32. The van der Waals surface area contributed by atoms with E-state index in [9.17, 15) is 0 Å². The molecule has 5 rings (SSSR count). The van der Waals surface area contributed by atoms with Crippen LogP contribution in [0.4, 0.5) is 0 Å². The van der Waals surface area contributed by atoms with Crippen molar-refractivity contribution >= 4 is 11.2 Å². The van der Waals surface area contributed by atoms with Crippen LogP contribution in [0.1, 0.15) is 29.8 Å². The number of fused-ring (bicyclic) bond motifs is 1. The summed E-state index contributed by atoms with van der Waals surface area (Å²) >= 11 is 0. The zero-order valence-corrected chi connectivity index (χ0v) is 17.3. The fourth-order valence-electron chi connectivity index (χ4n) is 4.54. The predicted molar refractivity (Wildman–Crippen MR) is 121 cm³/mol. The molecule has 4 heteroatoms. The molecular formula is C26H28N4. The standard InChI is InChI=1S/C26H28N4/c1-3-8-22(9-4-1)19-29-16-13-21(14-17-29)18-25-28-24-12-7-15-27-26(24)30(25)20-23-10-5-2-6-11-23/h1-12,15,21H,13-14,16-20H2. The highest BCUT2D eigenvalue weighted by atomic mass is 15.1. The molecule has 2 aromatic heterocycles. The van der Waals surface area contributed by atoms with E-state index >= 15 is 0 Å². The summed E-state index contributed by atoms with van der Waals surface area (Å²) in [5.41, 5.74) is 4.70. The summed E-state index contributed by atoms with van der Waals surface area (Å²) in [6.45, 7) is 4.22. The largest absolute Gasteiger partial charge is 0.308 e. The molecule has 3 heterocycles. The predicted octanol–water partition coefficient (Wildman–Crippen LogP) is 4.93. The first-order valence-electron chi connectivity index (χ1n) is 11.0. The first-order valence-corrected chi connectivity index (χ1v) is 11.0. The van der Waals surface area contributed by atoms with Crippen molar-refractivity contribution < 1.29 is 0 Å². The zero-order valence-electron chi connectivity index (χ0n) is 17.3. The van der Waals surface area contributed by atoms with Gasteiger partial charge in [0.25, 0.3) is 0 Å². The Kier molecular flexibility index (Phi) is 5.58. The molecule has 0 saturated carbocycles. The Morgan fingerprint density at radius 2 is 1.43 bits per heavy atom. The molecule has 0 atom stereocenters. The maximum Gasteiger partial charge on any atom is 0.160 e. The number of rotatable bonds is 6. The highest BCUT2D eigenvalue weighted by Gasteiger charge is 2.22. The van der Waals surface area contributed by atoms with Gasteiger partial charge in [-0.15, -0.1) is 0 Å². The van der Waals surface area contributed by atoms with Crippen molar-refractivity contribution in [3.63, 3.8) is 0 Å². The van der Waals surface area contributed by atoms with Crippen LogP contribution < -0.4 is 0 Å². The number of piperidine rings is 1. The number of benzene rings is 2. The van der Waals surface area contributed by atoms with E-state index in [1.807, 2.05) is 12.3 Å². The van der Waals surface area contributed by atoms with Crippen molar-refractivity contribution in [2.24, 2.45) is 5.92 Å². The van der Waals surface area contributed by atoms with Crippen LogP contribution in [0, 0.1) is 5.92 Å². The van der Waals surface area contributed by atoms with E-state index in [4.69, 9.17) is 4.98 Å². The molecule has 4 aromatic rings. The molecule has 2 aromatic carbocycles. The van der Waals surface area contributed by atoms with Gasteiger partial charge in [-0.1, -0.05) is 60.7 Å². The Balaban J connectivity index is 1.29. The molecule has 0 aliphatic carbocycles. The van der Waals surface area contributed by atoms with Crippen LogP contribution >= 0.6 is 0 Å². The average Bonchev–Trinajstić information content (AvgIpc) is 3.13. The topological polar surface area (TPSA) is 34.0 Å². The molecule has 30 heavy (non-hydrogen) atoms. The van der Waals surface area contributed by atoms with E-state index in [0.717, 1.165) is 43.8 Å². The first kappa shape index (κ1) is 19.0. The summed E-state index contributed by atoms with van der Waals surface area (Å²) in [5, 5.41) is 0. The van der Waals surface area contributed by atoms with E-state index in [2.05, 4.69) is 81.2 Å². The molecule has 0 spiro atoms. The Labute approximate surface area is 178 Å². The molecule has 0 unspecified atom stereocenters. The summed E-state index contributed by atoms with van der Waals surface area (Å²) in [7, 11) is 0. The van der Waals surface area contributed by atoms with Gasteiger partial charge in [0.15, 0.2) is 5.65 Å². The highest BCUT2D eigenvalue weighted by molar-refractivity contribution is 5.71. The second-order valence-electron chi connectivity index (χ2n) is 8.36. The van der Waals surface area contributed by atoms with Gasteiger partial charge in [-0.2, -0.15) is 0 Å². The highest BCUT2D eigenvalue weighted by Crippen LogP contribution is 2.25. The third-order valence-electron chi connectivity index (χ3n) is 6.19. The van der Waals surface area contributed by atoms with Crippen molar-refractivity contribution in [3.8, 4) is 0 Å². The summed E-state index contributed by atoms with van der Waals surface area (Å²) in [6, 6.07) is 25.5. The smallest absolute Gasteiger partial charge is 0.160 e. The Bertz CT molecular complexity index is 1080. The summed E-state index contributed by atoms with van der Waals surface area (Å²) in [5.74, 6) is 1.86. The van der Waals surface area contributed by atoms with Crippen molar-refractivity contribution in [2.75, 3.05) is 13.1 Å². The number of nitrogens with zero attached hydrogens (tertiary/aromatic N) is 4. The van der Waals surface area contributed by atoms with Crippen LogP contribution in [0.2, 0.25) is 0 Å². The Morgan fingerprint density at radius 3 is 2.13 bits per heavy atom. The number of hydrogen-bond acceptors (Lipinski definition) is 3. The van der Waals surface area contributed by atoms with Gasteiger partial charge in [0.1, 0.15) is 11.3 Å². The van der Waals surface area contributed by atoms with Crippen LogP contribution in [0.25, 0.3) is 11.2 Å². The van der Waals surface area contributed by atoms with Crippen LogP contribution in [-0.4, -0.2) is 32.5 Å². The molecule has 152 valence electrons. The lowest BCUT2D eigenvalue weighted by Crippen LogP contribution is -2.34. The molecule has 4 nitrogen and oxygen atoms in total. The number of imidazole rings is 1. The van der Waals surface area contributed by atoms with Gasteiger partial charge in [-0.05, 0) is 55.1 Å². The van der Waals surface area contributed by atoms with Crippen LogP contribution in [0.3, 0.4) is 0 Å². The average molecular weight is 397 g/mol. The minimum atomic E-state index is 0.684. The lowest BCUT2D eigenvalue weighted by atomic mass is 9.93.